The predicted molar refractivity (Wildman–Crippen MR) is 67.4 cm³/mol. The predicted octanol–water partition coefficient (Wildman–Crippen LogP) is 1.71. The maximum atomic E-state index is 11.7. The number of hydrogen-bond acceptors (Lipinski definition) is 5. The van der Waals surface area contributed by atoms with E-state index in [4.69, 9.17) is 10.5 Å². The molecule has 2 aromatic heterocycles. The molecule has 19 heavy (non-hydrogen) atoms. The second kappa shape index (κ2) is 4.51. The number of carbonyl (C=O) groups is 1. The standard InChI is InChI=1S/C13H11N5O/c1-4-18-7(2)11(8(3)19)12-13(18)17-10(6-15)9(5-14)16-12/h4H2,1-3H3. The summed E-state index contributed by atoms with van der Waals surface area (Å²) in [5.74, 6) is -0.127. The normalized spacial score (nSPS) is 10.2. The van der Waals surface area contributed by atoms with Crippen LogP contribution in [0.15, 0.2) is 0 Å². The molecule has 2 aromatic rings. The Balaban J connectivity index is 3.00. The molecular formula is C13H11N5O. The maximum absolute atomic E-state index is 11.7. The molecule has 0 bridgehead atoms. The summed E-state index contributed by atoms with van der Waals surface area (Å²) in [4.78, 5) is 20.0. The zero-order valence-electron chi connectivity index (χ0n) is 10.9. The molecule has 2 heterocycles. The van der Waals surface area contributed by atoms with E-state index in [1.54, 1.807) is 0 Å². The van der Waals surface area contributed by atoms with E-state index in [2.05, 4.69) is 9.97 Å². The van der Waals surface area contributed by atoms with Crippen molar-refractivity contribution in [3.8, 4) is 12.1 Å². The summed E-state index contributed by atoms with van der Waals surface area (Å²) in [7, 11) is 0. The zero-order chi connectivity index (χ0) is 14.2. The Hall–Kier alpha value is -2.73. The monoisotopic (exact) mass is 253 g/mol. The molecule has 0 radical (unpaired) electrons. The van der Waals surface area contributed by atoms with Crippen LogP contribution in [0.25, 0.3) is 11.2 Å². The van der Waals surface area contributed by atoms with E-state index in [1.165, 1.54) is 6.92 Å². The van der Waals surface area contributed by atoms with Crippen LogP contribution in [-0.4, -0.2) is 20.3 Å². The molecule has 6 heteroatoms. The summed E-state index contributed by atoms with van der Waals surface area (Å²) in [5, 5.41) is 18.0. The first kappa shape index (κ1) is 12.7. The molecule has 0 N–H and O–H groups in total. The highest BCUT2D eigenvalue weighted by atomic mass is 16.1. The number of hydrogen-bond donors (Lipinski definition) is 0. The minimum Gasteiger partial charge on any atom is -0.328 e. The molecule has 0 amide bonds. The molecule has 2 rings (SSSR count). The molecule has 0 spiro atoms. The van der Waals surface area contributed by atoms with Gasteiger partial charge in [-0.3, -0.25) is 4.79 Å². The lowest BCUT2D eigenvalue weighted by Crippen LogP contribution is -2.01. The van der Waals surface area contributed by atoms with Crippen molar-refractivity contribution in [1.82, 2.24) is 14.5 Å². The van der Waals surface area contributed by atoms with E-state index in [-0.39, 0.29) is 17.2 Å². The van der Waals surface area contributed by atoms with Gasteiger partial charge >= 0.3 is 0 Å². The van der Waals surface area contributed by atoms with Crippen molar-refractivity contribution in [2.75, 3.05) is 0 Å². The summed E-state index contributed by atoms with van der Waals surface area (Å²) in [6.07, 6.45) is 0. The van der Waals surface area contributed by atoms with Gasteiger partial charge in [-0.25, -0.2) is 9.97 Å². The lowest BCUT2D eigenvalue weighted by molar-refractivity contribution is 0.101. The number of Topliss-reactive ketones (excluding diaryl/α,β-unsaturated/α-hetero) is 1. The quantitative estimate of drug-likeness (QED) is 0.759. The van der Waals surface area contributed by atoms with Gasteiger partial charge in [0, 0.05) is 12.2 Å². The fourth-order valence-electron chi connectivity index (χ4n) is 2.21. The largest absolute Gasteiger partial charge is 0.328 e. The number of nitrogens with zero attached hydrogens (tertiary/aromatic N) is 5. The minimum atomic E-state index is -0.127. The topological polar surface area (TPSA) is 95.4 Å². The Labute approximate surface area is 109 Å². The Morgan fingerprint density at radius 2 is 1.84 bits per heavy atom. The van der Waals surface area contributed by atoms with Crippen LogP contribution in [0.3, 0.4) is 0 Å². The first-order valence-corrected chi connectivity index (χ1v) is 5.77. The average molecular weight is 253 g/mol. The summed E-state index contributed by atoms with van der Waals surface area (Å²) < 4.78 is 1.82. The molecular weight excluding hydrogens is 242 g/mol. The van der Waals surface area contributed by atoms with Crippen LogP contribution in [-0.2, 0) is 6.54 Å². The number of nitriles is 2. The molecule has 0 aliphatic heterocycles. The molecule has 0 aliphatic carbocycles. The van der Waals surface area contributed by atoms with Gasteiger partial charge in [-0.05, 0) is 20.8 Å². The van der Waals surface area contributed by atoms with E-state index >= 15 is 0 Å². The highest BCUT2D eigenvalue weighted by molar-refractivity contribution is 6.06. The summed E-state index contributed by atoms with van der Waals surface area (Å²) >= 11 is 0. The van der Waals surface area contributed by atoms with Gasteiger partial charge in [0.1, 0.15) is 17.7 Å². The highest BCUT2D eigenvalue weighted by Gasteiger charge is 2.21. The van der Waals surface area contributed by atoms with Crippen molar-refractivity contribution in [1.29, 1.82) is 10.5 Å². The molecule has 94 valence electrons. The third kappa shape index (κ3) is 1.74. The lowest BCUT2D eigenvalue weighted by Gasteiger charge is -2.02. The average Bonchev–Trinajstić information content (AvgIpc) is 2.67. The fourth-order valence-corrected chi connectivity index (χ4v) is 2.21. The van der Waals surface area contributed by atoms with Gasteiger partial charge in [0.25, 0.3) is 0 Å². The summed E-state index contributed by atoms with van der Waals surface area (Å²) in [6.45, 7) is 5.79. The van der Waals surface area contributed by atoms with E-state index in [1.807, 2.05) is 30.6 Å². The number of carbonyl (C=O) groups excluding carboxylic acids is 1. The SMILES string of the molecule is CCn1c(C)c(C(C)=O)c2nc(C#N)c(C#N)nc21. The number of ketones is 1. The molecule has 0 fully saturated rings. The molecule has 0 atom stereocenters. The van der Waals surface area contributed by atoms with E-state index < -0.39 is 0 Å². The van der Waals surface area contributed by atoms with Crippen LogP contribution < -0.4 is 0 Å². The van der Waals surface area contributed by atoms with Crippen molar-refractivity contribution in [3.63, 3.8) is 0 Å². The van der Waals surface area contributed by atoms with Crippen molar-refractivity contribution in [3.05, 3.63) is 22.6 Å². The third-order valence-electron chi connectivity index (χ3n) is 3.02. The Morgan fingerprint density at radius 1 is 1.26 bits per heavy atom. The van der Waals surface area contributed by atoms with Gasteiger partial charge < -0.3 is 4.57 Å². The Bertz CT molecular complexity index is 773. The van der Waals surface area contributed by atoms with Crippen LogP contribution >= 0.6 is 0 Å². The van der Waals surface area contributed by atoms with Crippen molar-refractivity contribution in [2.45, 2.75) is 27.3 Å². The zero-order valence-corrected chi connectivity index (χ0v) is 10.9. The van der Waals surface area contributed by atoms with Crippen LogP contribution in [0.4, 0.5) is 0 Å². The van der Waals surface area contributed by atoms with E-state index in [0.717, 1.165) is 5.69 Å². The smallest absolute Gasteiger partial charge is 0.179 e. The molecule has 0 saturated heterocycles. The molecule has 0 aromatic carbocycles. The van der Waals surface area contributed by atoms with Crippen LogP contribution in [0.1, 0.15) is 41.3 Å². The van der Waals surface area contributed by atoms with Gasteiger partial charge in [-0.1, -0.05) is 0 Å². The molecule has 0 saturated carbocycles. The fraction of sp³-hybridized carbons (Fsp3) is 0.308. The number of aryl methyl sites for hydroxylation is 1. The van der Waals surface area contributed by atoms with Crippen LogP contribution in [0.5, 0.6) is 0 Å². The van der Waals surface area contributed by atoms with Crippen molar-refractivity contribution in [2.24, 2.45) is 0 Å². The van der Waals surface area contributed by atoms with Crippen molar-refractivity contribution >= 4 is 16.9 Å². The van der Waals surface area contributed by atoms with Crippen LogP contribution in [0.2, 0.25) is 0 Å². The van der Waals surface area contributed by atoms with Gasteiger partial charge in [0.15, 0.2) is 22.8 Å². The van der Waals surface area contributed by atoms with E-state index in [0.29, 0.717) is 23.3 Å². The first-order valence-electron chi connectivity index (χ1n) is 5.77. The minimum absolute atomic E-state index is 0.0164. The molecule has 0 unspecified atom stereocenters. The van der Waals surface area contributed by atoms with Crippen molar-refractivity contribution < 1.29 is 4.79 Å². The highest BCUT2D eigenvalue weighted by Crippen LogP contribution is 2.24. The Kier molecular flexibility index (Phi) is 3.02. The van der Waals surface area contributed by atoms with Gasteiger partial charge in [-0.2, -0.15) is 10.5 Å². The first-order chi connectivity index (χ1) is 9.04. The van der Waals surface area contributed by atoms with Gasteiger partial charge in [0.05, 0.1) is 5.56 Å². The summed E-state index contributed by atoms with van der Waals surface area (Å²) in [5.41, 5.74) is 2.01. The maximum Gasteiger partial charge on any atom is 0.179 e. The van der Waals surface area contributed by atoms with E-state index in [9.17, 15) is 4.79 Å². The third-order valence-corrected chi connectivity index (χ3v) is 3.02. The Morgan fingerprint density at radius 3 is 2.32 bits per heavy atom. The molecule has 6 nitrogen and oxygen atoms in total. The lowest BCUT2D eigenvalue weighted by atomic mass is 10.1. The number of rotatable bonds is 2. The molecule has 0 aliphatic rings. The number of fused-ring (bicyclic) bond motifs is 1. The van der Waals surface area contributed by atoms with Gasteiger partial charge in [0.2, 0.25) is 0 Å². The summed E-state index contributed by atoms with van der Waals surface area (Å²) in [6, 6.07) is 3.69. The second-order valence-electron chi connectivity index (χ2n) is 4.08. The van der Waals surface area contributed by atoms with Gasteiger partial charge in [-0.15, -0.1) is 0 Å². The van der Waals surface area contributed by atoms with Crippen LogP contribution in [0, 0.1) is 29.6 Å². The number of aromatic nitrogens is 3. The second-order valence-corrected chi connectivity index (χ2v) is 4.08.